The van der Waals surface area contributed by atoms with Gasteiger partial charge < -0.3 is 5.32 Å². The van der Waals surface area contributed by atoms with Crippen molar-refractivity contribution < 1.29 is 4.79 Å². The fourth-order valence-corrected chi connectivity index (χ4v) is 1.98. The summed E-state index contributed by atoms with van der Waals surface area (Å²) in [5.41, 5.74) is 1.27. The summed E-state index contributed by atoms with van der Waals surface area (Å²) in [7, 11) is 0. The van der Waals surface area contributed by atoms with Crippen LogP contribution < -0.4 is 5.32 Å². The molecule has 1 unspecified atom stereocenters. The molecule has 1 fully saturated rings. The van der Waals surface area contributed by atoms with Crippen molar-refractivity contribution >= 4 is 17.5 Å². The van der Waals surface area contributed by atoms with Crippen molar-refractivity contribution in [1.82, 2.24) is 10.3 Å². The highest BCUT2D eigenvalue weighted by molar-refractivity contribution is 6.33. The minimum atomic E-state index is -0.128. The average Bonchev–Trinajstić information content (AvgIpc) is 2.99. The third-order valence-corrected chi connectivity index (χ3v) is 3.24. The van der Waals surface area contributed by atoms with Gasteiger partial charge in [0.05, 0.1) is 10.6 Å². The Morgan fingerprint density at radius 1 is 1.62 bits per heavy atom. The lowest BCUT2D eigenvalue weighted by molar-refractivity contribution is 0.0935. The van der Waals surface area contributed by atoms with Crippen molar-refractivity contribution in [2.45, 2.75) is 32.7 Å². The molecule has 2 rings (SSSR count). The van der Waals surface area contributed by atoms with Crippen LogP contribution >= 0.6 is 11.6 Å². The molecule has 1 heterocycles. The third-order valence-electron chi connectivity index (χ3n) is 2.92. The summed E-state index contributed by atoms with van der Waals surface area (Å²) in [5.74, 6) is 0.512. The van der Waals surface area contributed by atoms with Crippen molar-refractivity contribution in [2.24, 2.45) is 5.92 Å². The summed E-state index contributed by atoms with van der Waals surface area (Å²) >= 11 is 6.00. The molecule has 1 N–H and O–H groups in total. The highest BCUT2D eigenvalue weighted by Crippen LogP contribution is 2.32. The molecule has 16 heavy (non-hydrogen) atoms. The maximum atomic E-state index is 11.9. The Kier molecular flexibility index (Phi) is 3.15. The van der Waals surface area contributed by atoms with Crippen LogP contribution in [0.15, 0.2) is 12.3 Å². The van der Waals surface area contributed by atoms with Gasteiger partial charge in [0.15, 0.2) is 0 Å². The topological polar surface area (TPSA) is 42.0 Å². The number of rotatable bonds is 3. The average molecular weight is 239 g/mol. The second-order valence-electron chi connectivity index (χ2n) is 4.41. The number of hydrogen-bond donors (Lipinski definition) is 1. The maximum absolute atomic E-state index is 11.9. The van der Waals surface area contributed by atoms with Crippen molar-refractivity contribution in [3.8, 4) is 0 Å². The van der Waals surface area contributed by atoms with Crippen molar-refractivity contribution in [1.29, 1.82) is 0 Å². The minimum absolute atomic E-state index is 0.128. The Hall–Kier alpha value is -1.09. The number of hydrogen-bond acceptors (Lipinski definition) is 2. The minimum Gasteiger partial charge on any atom is -0.349 e. The predicted octanol–water partition coefficient (Wildman–Crippen LogP) is 2.57. The highest BCUT2D eigenvalue weighted by atomic mass is 35.5. The van der Waals surface area contributed by atoms with Gasteiger partial charge in [-0.15, -0.1) is 0 Å². The molecule has 1 saturated carbocycles. The van der Waals surface area contributed by atoms with E-state index in [1.165, 1.54) is 19.0 Å². The largest absolute Gasteiger partial charge is 0.349 e. The van der Waals surface area contributed by atoms with Gasteiger partial charge in [0.2, 0.25) is 0 Å². The Labute approximate surface area is 100 Å². The van der Waals surface area contributed by atoms with Crippen LogP contribution in [0.5, 0.6) is 0 Å². The van der Waals surface area contributed by atoms with Crippen LogP contribution in [0.2, 0.25) is 5.02 Å². The lowest BCUT2D eigenvalue weighted by Gasteiger charge is -2.13. The van der Waals surface area contributed by atoms with E-state index in [2.05, 4.69) is 10.3 Å². The SMILES string of the molecule is Cc1cc(Cl)c(C(=O)NC(C)C2CC2)cn1. The van der Waals surface area contributed by atoms with E-state index < -0.39 is 0 Å². The van der Waals surface area contributed by atoms with Gasteiger partial charge in [-0.25, -0.2) is 0 Å². The summed E-state index contributed by atoms with van der Waals surface area (Å²) in [6, 6.07) is 1.93. The first-order valence-corrected chi connectivity index (χ1v) is 5.88. The quantitative estimate of drug-likeness (QED) is 0.880. The third kappa shape index (κ3) is 2.53. The molecule has 0 radical (unpaired) electrons. The Morgan fingerprint density at radius 2 is 2.31 bits per heavy atom. The highest BCUT2D eigenvalue weighted by Gasteiger charge is 2.29. The van der Waals surface area contributed by atoms with Crippen molar-refractivity contribution in [3.05, 3.63) is 28.5 Å². The molecule has 0 spiro atoms. The zero-order valence-corrected chi connectivity index (χ0v) is 10.2. The van der Waals surface area contributed by atoms with Gasteiger partial charge >= 0.3 is 0 Å². The standard InChI is InChI=1S/C12H15ClN2O/c1-7-5-11(13)10(6-14-7)12(16)15-8(2)9-3-4-9/h5-6,8-9H,3-4H2,1-2H3,(H,15,16). The number of aryl methyl sites for hydroxylation is 1. The number of amides is 1. The first-order chi connectivity index (χ1) is 7.58. The lowest BCUT2D eigenvalue weighted by atomic mass is 10.2. The van der Waals surface area contributed by atoms with E-state index >= 15 is 0 Å². The number of aromatic nitrogens is 1. The van der Waals surface area contributed by atoms with E-state index in [1.807, 2.05) is 13.8 Å². The van der Waals surface area contributed by atoms with Crippen molar-refractivity contribution in [2.75, 3.05) is 0 Å². The lowest BCUT2D eigenvalue weighted by Crippen LogP contribution is -2.34. The second-order valence-corrected chi connectivity index (χ2v) is 4.81. The zero-order valence-electron chi connectivity index (χ0n) is 9.46. The molecule has 3 nitrogen and oxygen atoms in total. The first kappa shape index (κ1) is 11.4. The fraction of sp³-hybridized carbons (Fsp3) is 0.500. The normalized spacial score (nSPS) is 16.9. The van der Waals surface area contributed by atoms with E-state index in [0.29, 0.717) is 16.5 Å². The Morgan fingerprint density at radius 3 is 2.88 bits per heavy atom. The molecule has 1 aliphatic carbocycles. The Balaban J connectivity index is 2.07. The molecule has 0 saturated heterocycles. The Bertz CT molecular complexity index is 415. The molecule has 0 aliphatic heterocycles. The van der Waals surface area contributed by atoms with Crippen LogP contribution in [-0.2, 0) is 0 Å². The monoisotopic (exact) mass is 238 g/mol. The van der Waals surface area contributed by atoms with Crippen LogP contribution in [-0.4, -0.2) is 16.9 Å². The van der Waals surface area contributed by atoms with Gasteiger partial charge in [0.1, 0.15) is 0 Å². The van der Waals surface area contributed by atoms with Crippen LogP contribution in [0.3, 0.4) is 0 Å². The van der Waals surface area contributed by atoms with E-state index in [9.17, 15) is 4.79 Å². The number of halogens is 1. The molecule has 0 bridgehead atoms. The van der Waals surface area contributed by atoms with Gasteiger partial charge in [0, 0.05) is 17.9 Å². The van der Waals surface area contributed by atoms with Gasteiger partial charge in [-0.1, -0.05) is 11.6 Å². The fourth-order valence-electron chi connectivity index (χ4n) is 1.69. The molecule has 0 aromatic carbocycles. The van der Waals surface area contributed by atoms with Gasteiger partial charge in [-0.05, 0) is 38.7 Å². The molecule has 86 valence electrons. The van der Waals surface area contributed by atoms with Crippen LogP contribution in [0, 0.1) is 12.8 Å². The number of carbonyl (C=O) groups is 1. The molecule has 1 aromatic heterocycles. The molecule has 1 atom stereocenters. The number of nitrogens with one attached hydrogen (secondary N) is 1. The predicted molar refractivity (Wildman–Crippen MR) is 63.6 cm³/mol. The molecular formula is C12H15ClN2O. The van der Waals surface area contributed by atoms with Crippen LogP contribution in [0.4, 0.5) is 0 Å². The van der Waals surface area contributed by atoms with E-state index in [0.717, 1.165) is 5.69 Å². The molecule has 4 heteroatoms. The van der Waals surface area contributed by atoms with Gasteiger partial charge in [-0.2, -0.15) is 0 Å². The number of carbonyl (C=O) groups excluding carboxylic acids is 1. The number of pyridine rings is 1. The maximum Gasteiger partial charge on any atom is 0.254 e. The van der Waals surface area contributed by atoms with Crippen LogP contribution in [0.25, 0.3) is 0 Å². The first-order valence-electron chi connectivity index (χ1n) is 5.51. The van der Waals surface area contributed by atoms with E-state index in [-0.39, 0.29) is 11.9 Å². The molecule has 1 aromatic rings. The summed E-state index contributed by atoms with van der Waals surface area (Å²) in [6.07, 6.45) is 3.95. The van der Waals surface area contributed by atoms with Crippen molar-refractivity contribution in [3.63, 3.8) is 0 Å². The molecule has 1 aliphatic rings. The second kappa shape index (κ2) is 4.42. The van der Waals surface area contributed by atoms with Gasteiger partial charge in [0.25, 0.3) is 5.91 Å². The molecule has 1 amide bonds. The summed E-state index contributed by atoms with van der Waals surface area (Å²) in [5, 5.41) is 3.42. The smallest absolute Gasteiger partial charge is 0.254 e. The summed E-state index contributed by atoms with van der Waals surface area (Å²) < 4.78 is 0. The van der Waals surface area contributed by atoms with E-state index in [1.54, 1.807) is 6.07 Å². The molecular weight excluding hydrogens is 224 g/mol. The summed E-state index contributed by atoms with van der Waals surface area (Å²) in [6.45, 7) is 3.88. The zero-order chi connectivity index (χ0) is 11.7. The van der Waals surface area contributed by atoms with Crippen LogP contribution in [0.1, 0.15) is 35.8 Å². The number of nitrogens with zero attached hydrogens (tertiary/aromatic N) is 1. The van der Waals surface area contributed by atoms with E-state index in [4.69, 9.17) is 11.6 Å². The van der Waals surface area contributed by atoms with Gasteiger partial charge in [-0.3, -0.25) is 9.78 Å². The summed E-state index contributed by atoms with van der Waals surface area (Å²) in [4.78, 5) is 16.0.